The third-order valence-corrected chi connectivity index (χ3v) is 5.77. The van der Waals surface area contributed by atoms with Crippen LogP contribution in [0.15, 0.2) is 54.6 Å². The van der Waals surface area contributed by atoms with Crippen molar-refractivity contribution in [3.8, 4) is 0 Å². The normalized spacial score (nSPS) is 24.9. The highest BCUT2D eigenvalue weighted by Gasteiger charge is 2.41. The molecule has 1 saturated heterocycles. The molecule has 126 valence electrons. The van der Waals surface area contributed by atoms with E-state index in [0.717, 1.165) is 32.7 Å². The molecule has 4 rings (SSSR count). The van der Waals surface area contributed by atoms with Crippen molar-refractivity contribution in [1.29, 1.82) is 0 Å². The summed E-state index contributed by atoms with van der Waals surface area (Å²) in [5, 5.41) is 0. The van der Waals surface area contributed by atoms with Crippen LogP contribution in [0, 0.1) is 0 Å². The Morgan fingerprint density at radius 3 is 2.25 bits per heavy atom. The van der Waals surface area contributed by atoms with Crippen LogP contribution in [-0.4, -0.2) is 35.0 Å². The van der Waals surface area contributed by atoms with Gasteiger partial charge in [-0.3, -0.25) is 9.80 Å². The monoisotopic (exact) mass is 321 g/mol. The van der Waals surface area contributed by atoms with Gasteiger partial charge in [0.25, 0.3) is 0 Å². The molecule has 2 aromatic carbocycles. The van der Waals surface area contributed by atoms with Gasteiger partial charge in [-0.05, 0) is 36.1 Å². The number of hydrogen-bond acceptors (Lipinski definition) is 3. The molecule has 3 nitrogen and oxygen atoms in total. The van der Waals surface area contributed by atoms with E-state index in [4.69, 9.17) is 5.73 Å². The lowest BCUT2D eigenvalue weighted by Gasteiger charge is -2.48. The molecule has 1 atom stereocenters. The van der Waals surface area contributed by atoms with Gasteiger partial charge < -0.3 is 5.73 Å². The first kappa shape index (κ1) is 15.8. The van der Waals surface area contributed by atoms with Crippen molar-refractivity contribution in [1.82, 2.24) is 9.80 Å². The summed E-state index contributed by atoms with van der Waals surface area (Å²) in [5.41, 5.74) is 10.8. The fourth-order valence-electron chi connectivity index (χ4n) is 4.41. The lowest BCUT2D eigenvalue weighted by atomic mass is 9.87. The van der Waals surface area contributed by atoms with Crippen molar-refractivity contribution in [3.05, 3.63) is 71.3 Å². The standard InChI is InChI=1S/C21H27N3/c22-16-21(24-14-19-9-4-5-10-20(19)15-24)11-6-12-23(17-21)13-18-7-2-1-3-8-18/h1-5,7-10H,6,11-17,22H2. The Morgan fingerprint density at radius 1 is 0.917 bits per heavy atom. The summed E-state index contributed by atoms with van der Waals surface area (Å²) in [4.78, 5) is 5.23. The molecule has 0 amide bonds. The largest absolute Gasteiger partial charge is 0.329 e. The zero-order chi connectivity index (χ0) is 16.4. The van der Waals surface area contributed by atoms with Crippen LogP contribution in [0.5, 0.6) is 0 Å². The maximum absolute atomic E-state index is 6.34. The Labute approximate surface area is 145 Å². The number of fused-ring (bicyclic) bond motifs is 1. The average Bonchev–Trinajstić information content (AvgIpc) is 3.07. The van der Waals surface area contributed by atoms with Crippen molar-refractivity contribution < 1.29 is 0 Å². The molecule has 2 aliphatic heterocycles. The van der Waals surface area contributed by atoms with Crippen molar-refractivity contribution in [2.75, 3.05) is 19.6 Å². The third kappa shape index (κ3) is 3.00. The van der Waals surface area contributed by atoms with E-state index in [0.29, 0.717) is 0 Å². The first-order chi connectivity index (χ1) is 11.8. The van der Waals surface area contributed by atoms with Gasteiger partial charge in [-0.15, -0.1) is 0 Å². The molecule has 2 aliphatic rings. The molecule has 0 aromatic heterocycles. The first-order valence-electron chi connectivity index (χ1n) is 9.07. The van der Waals surface area contributed by atoms with Gasteiger partial charge >= 0.3 is 0 Å². The summed E-state index contributed by atoms with van der Waals surface area (Å²) in [6.07, 6.45) is 2.44. The van der Waals surface area contributed by atoms with E-state index >= 15 is 0 Å². The van der Waals surface area contributed by atoms with Gasteiger partial charge in [-0.25, -0.2) is 0 Å². The van der Waals surface area contributed by atoms with Gasteiger partial charge in [0.15, 0.2) is 0 Å². The summed E-state index contributed by atoms with van der Waals surface area (Å²) in [5.74, 6) is 0. The molecule has 0 saturated carbocycles. The fourth-order valence-corrected chi connectivity index (χ4v) is 4.41. The maximum Gasteiger partial charge on any atom is 0.0466 e. The number of piperidine rings is 1. The maximum atomic E-state index is 6.34. The SMILES string of the molecule is NCC1(N2Cc3ccccc3C2)CCCN(Cc2ccccc2)C1. The molecule has 0 bridgehead atoms. The van der Waals surface area contributed by atoms with Gasteiger partial charge in [-0.1, -0.05) is 54.6 Å². The van der Waals surface area contributed by atoms with Crippen molar-refractivity contribution >= 4 is 0 Å². The number of nitrogens with zero attached hydrogens (tertiary/aromatic N) is 2. The summed E-state index contributed by atoms with van der Waals surface area (Å²) < 4.78 is 0. The third-order valence-electron chi connectivity index (χ3n) is 5.77. The second-order valence-electron chi connectivity index (χ2n) is 7.35. The van der Waals surface area contributed by atoms with E-state index in [-0.39, 0.29) is 5.54 Å². The summed E-state index contributed by atoms with van der Waals surface area (Å²) in [6.45, 7) is 6.12. The van der Waals surface area contributed by atoms with Crippen LogP contribution in [0.25, 0.3) is 0 Å². The Kier molecular flexibility index (Phi) is 4.40. The lowest BCUT2D eigenvalue weighted by Crippen LogP contribution is -2.60. The van der Waals surface area contributed by atoms with Crippen LogP contribution >= 0.6 is 0 Å². The van der Waals surface area contributed by atoms with Crippen LogP contribution in [0.3, 0.4) is 0 Å². The minimum atomic E-state index is 0.117. The van der Waals surface area contributed by atoms with Crippen LogP contribution < -0.4 is 5.73 Å². The van der Waals surface area contributed by atoms with Crippen LogP contribution in [-0.2, 0) is 19.6 Å². The van der Waals surface area contributed by atoms with E-state index in [1.165, 1.54) is 36.1 Å². The highest BCUT2D eigenvalue weighted by molar-refractivity contribution is 5.31. The number of benzene rings is 2. The second kappa shape index (κ2) is 6.67. The van der Waals surface area contributed by atoms with Gasteiger partial charge in [-0.2, -0.15) is 0 Å². The number of hydrogen-bond donors (Lipinski definition) is 1. The molecule has 3 heteroatoms. The van der Waals surface area contributed by atoms with E-state index in [1.807, 2.05) is 0 Å². The predicted molar refractivity (Wildman–Crippen MR) is 98.4 cm³/mol. The molecular formula is C21H27N3. The van der Waals surface area contributed by atoms with Gasteiger partial charge in [0.05, 0.1) is 0 Å². The van der Waals surface area contributed by atoms with Crippen LogP contribution in [0.2, 0.25) is 0 Å². The van der Waals surface area contributed by atoms with Crippen LogP contribution in [0.1, 0.15) is 29.5 Å². The average molecular weight is 321 g/mol. The zero-order valence-electron chi connectivity index (χ0n) is 14.3. The topological polar surface area (TPSA) is 32.5 Å². The van der Waals surface area contributed by atoms with Crippen LogP contribution in [0.4, 0.5) is 0 Å². The highest BCUT2D eigenvalue weighted by atomic mass is 15.3. The number of likely N-dealkylation sites (tertiary alicyclic amines) is 1. The smallest absolute Gasteiger partial charge is 0.0466 e. The minimum Gasteiger partial charge on any atom is -0.329 e. The lowest BCUT2D eigenvalue weighted by molar-refractivity contribution is 0.0103. The van der Waals surface area contributed by atoms with Gasteiger partial charge in [0.1, 0.15) is 0 Å². The Morgan fingerprint density at radius 2 is 1.58 bits per heavy atom. The van der Waals surface area contributed by atoms with Gasteiger partial charge in [0, 0.05) is 38.3 Å². The van der Waals surface area contributed by atoms with Gasteiger partial charge in [0.2, 0.25) is 0 Å². The van der Waals surface area contributed by atoms with E-state index in [1.54, 1.807) is 0 Å². The summed E-state index contributed by atoms with van der Waals surface area (Å²) in [7, 11) is 0. The number of rotatable bonds is 4. The molecule has 1 unspecified atom stereocenters. The molecule has 0 aliphatic carbocycles. The summed E-state index contributed by atoms with van der Waals surface area (Å²) in [6, 6.07) is 19.6. The Balaban J connectivity index is 1.50. The quantitative estimate of drug-likeness (QED) is 0.939. The molecule has 2 aromatic rings. The number of nitrogens with two attached hydrogens (primary N) is 1. The fraction of sp³-hybridized carbons (Fsp3) is 0.429. The molecule has 2 heterocycles. The van der Waals surface area contributed by atoms with E-state index in [2.05, 4.69) is 64.4 Å². The molecule has 2 N–H and O–H groups in total. The van der Waals surface area contributed by atoms with Crippen molar-refractivity contribution in [3.63, 3.8) is 0 Å². The van der Waals surface area contributed by atoms with E-state index < -0.39 is 0 Å². The second-order valence-corrected chi connectivity index (χ2v) is 7.35. The van der Waals surface area contributed by atoms with E-state index in [9.17, 15) is 0 Å². The highest BCUT2D eigenvalue weighted by Crippen LogP contribution is 2.35. The minimum absolute atomic E-state index is 0.117. The molecule has 0 radical (unpaired) electrons. The molecule has 1 fully saturated rings. The molecule has 24 heavy (non-hydrogen) atoms. The molecular weight excluding hydrogens is 294 g/mol. The zero-order valence-corrected chi connectivity index (χ0v) is 14.3. The molecule has 0 spiro atoms. The summed E-state index contributed by atoms with van der Waals surface area (Å²) >= 11 is 0. The van der Waals surface area contributed by atoms with Crippen molar-refractivity contribution in [2.45, 2.75) is 38.0 Å². The first-order valence-corrected chi connectivity index (χ1v) is 9.07. The van der Waals surface area contributed by atoms with Crippen molar-refractivity contribution in [2.24, 2.45) is 5.73 Å². The Bertz CT molecular complexity index is 659. The predicted octanol–water partition coefficient (Wildman–Crippen LogP) is 3.00. The Hall–Kier alpha value is -1.68.